The van der Waals surface area contributed by atoms with Gasteiger partial charge in [-0.25, -0.2) is 14.6 Å². The minimum Gasteiger partial charge on any atom is -0.462 e. The van der Waals surface area contributed by atoms with E-state index in [1.165, 1.54) is 6.08 Å². The Morgan fingerprint density at radius 1 is 1.26 bits per heavy atom. The smallest absolute Gasteiger partial charge is 0.348 e. The van der Waals surface area contributed by atoms with E-state index in [1.54, 1.807) is 42.8 Å². The highest BCUT2D eigenvalue weighted by Crippen LogP contribution is 2.34. The van der Waals surface area contributed by atoms with Gasteiger partial charge in [-0.15, -0.1) is 11.3 Å². The van der Waals surface area contributed by atoms with Crippen molar-refractivity contribution in [1.82, 2.24) is 9.38 Å². The first kappa shape index (κ1) is 22.5. The highest BCUT2D eigenvalue weighted by molar-refractivity contribution is 7.18. The molecule has 0 unspecified atom stereocenters. The first-order valence-electron chi connectivity index (χ1n) is 9.35. The third-order valence-electron chi connectivity index (χ3n) is 4.20. The van der Waals surface area contributed by atoms with Crippen LogP contribution in [0.2, 0.25) is 5.02 Å². The van der Waals surface area contributed by atoms with E-state index in [9.17, 15) is 14.4 Å². The van der Waals surface area contributed by atoms with Gasteiger partial charge >= 0.3 is 11.9 Å². The van der Waals surface area contributed by atoms with Crippen LogP contribution >= 0.6 is 22.9 Å². The molecule has 1 amide bonds. The van der Waals surface area contributed by atoms with Crippen molar-refractivity contribution in [2.24, 2.45) is 0 Å². The zero-order valence-electron chi connectivity index (χ0n) is 16.9. The van der Waals surface area contributed by atoms with E-state index in [1.807, 2.05) is 0 Å². The molecule has 31 heavy (non-hydrogen) atoms. The van der Waals surface area contributed by atoms with Gasteiger partial charge in [-0.05, 0) is 31.5 Å². The molecule has 0 spiro atoms. The molecule has 0 saturated heterocycles. The van der Waals surface area contributed by atoms with Gasteiger partial charge in [0.25, 0.3) is 0 Å². The summed E-state index contributed by atoms with van der Waals surface area (Å²) in [5.41, 5.74) is 1.69. The third kappa shape index (κ3) is 5.12. The van der Waals surface area contributed by atoms with Crippen LogP contribution in [-0.4, -0.2) is 40.4 Å². The van der Waals surface area contributed by atoms with Gasteiger partial charge in [-0.1, -0.05) is 24.3 Å². The van der Waals surface area contributed by atoms with Gasteiger partial charge in [-0.3, -0.25) is 4.79 Å². The highest BCUT2D eigenvalue weighted by Gasteiger charge is 2.27. The van der Waals surface area contributed by atoms with E-state index in [-0.39, 0.29) is 35.1 Å². The zero-order valence-corrected chi connectivity index (χ0v) is 18.5. The van der Waals surface area contributed by atoms with E-state index in [0.717, 1.165) is 11.3 Å². The summed E-state index contributed by atoms with van der Waals surface area (Å²) in [4.78, 5) is 42.0. The molecule has 0 aromatic carbocycles. The number of rotatable bonds is 8. The van der Waals surface area contributed by atoms with Crippen molar-refractivity contribution in [2.45, 2.75) is 20.3 Å². The Bertz CT molecular complexity index is 1170. The number of imidazole rings is 1. The SMILES string of the molecule is C=CCOC(=O)c1sc(NC(=O)Cc2cn3cc(Cl)ccc3n2)c(C(=O)OCC)c1C. The van der Waals surface area contributed by atoms with Gasteiger partial charge in [0.05, 0.1) is 29.3 Å². The second-order valence-electron chi connectivity index (χ2n) is 6.44. The molecular formula is C21H20ClN3O5S. The lowest BCUT2D eigenvalue weighted by Crippen LogP contribution is -2.16. The maximum absolute atomic E-state index is 12.7. The van der Waals surface area contributed by atoms with Crippen molar-refractivity contribution in [2.75, 3.05) is 18.5 Å². The average molecular weight is 462 g/mol. The van der Waals surface area contributed by atoms with Crippen LogP contribution in [0.5, 0.6) is 0 Å². The minimum atomic E-state index is -0.628. The second-order valence-corrected chi connectivity index (χ2v) is 7.89. The molecule has 3 aromatic heterocycles. The van der Waals surface area contributed by atoms with Crippen molar-refractivity contribution in [3.8, 4) is 0 Å². The number of ether oxygens (including phenoxy) is 2. The van der Waals surface area contributed by atoms with E-state index >= 15 is 0 Å². The number of nitrogens with zero attached hydrogens (tertiary/aromatic N) is 2. The van der Waals surface area contributed by atoms with Crippen LogP contribution in [0.4, 0.5) is 5.00 Å². The van der Waals surface area contributed by atoms with Crippen LogP contribution in [0, 0.1) is 6.92 Å². The molecule has 0 radical (unpaired) electrons. The molecule has 162 valence electrons. The number of fused-ring (bicyclic) bond motifs is 1. The van der Waals surface area contributed by atoms with Crippen molar-refractivity contribution < 1.29 is 23.9 Å². The molecule has 1 N–H and O–H groups in total. The largest absolute Gasteiger partial charge is 0.462 e. The van der Waals surface area contributed by atoms with Crippen LogP contribution in [0.15, 0.2) is 37.2 Å². The summed E-state index contributed by atoms with van der Waals surface area (Å²) in [6, 6.07) is 3.45. The van der Waals surface area contributed by atoms with E-state index in [4.69, 9.17) is 21.1 Å². The lowest BCUT2D eigenvalue weighted by Gasteiger charge is -2.06. The molecule has 0 saturated carbocycles. The fourth-order valence-electron chi connectivity index (χ4n) is 2.88. The second kappa shape index (κ2) is 9.76. The number of halogens is 1. The number of aromatic nitrogens is 2. The highest BCUT2D eigenvalue weighted by atomic mass is 35.5. The third-order valence-corrected chi connectivity index (χ3v) is 5.61. The van der Waals surface area contributed by atoms with Gasteiger partial charge in [0.1, 0.15) is 22.1 Å². The first-order valence-corrected chi connectivity index (χ1v) is 10.5. The van der Waals surface area contributed by atoms with Gasteiger partial charge in [0.15, 0.2) is 0 Å². The number of esters is 2. The molecule has 3 rings (SSSR count). The normalized spacial score (nSPS) is 10.7. The minimum absolute atomic E-state index is 0.0322. The van der Waals surface area contributed by atoms with Crippen LogP contribution in [0.3, 0.4) is 0 Å². The molecule has 8 nitrogen and oxygen atoms in total. The summed E-state index contributed by atoms with van der Waals surface area (Å²) in [5.74, 6) is -1.63. The van der Waals surface area contributed by atoms with Crippen LogP contribution in [-0.2, 0) is 20.7 Å². The molecule has 3 heterocycles. The van der Waals surface area contributed by atoms with Gasteiger partial charge in [-0.2, -0.15) is 0 Å². The van der Waals surface area contributed by atoms with Crippen LogP contribution in [0.1, 0.15) is 38.2 Å². The number of carbonyl (C=O) groups excluding carboxylic acids is 3. The lowest BCUT2D eigenvalue weighted by atomic mass is 10.1. The fraction of sp³-hybridized carbons (Fsp3) is 0.238. The number of pyridine rings is 1. The van der Waals surface area contributed by atoms with E-state index in [0.29, 0.717) is 21.9 Å². The average Bonchev–Trinajstić information content (AvgIpc) is 3.25. The molecule has 0 fully saturated rings. The number of anilines is 1. The lowest BCUT2D eigenvalue weighted by molar-refractivity contribution is -0.115. The van der Waals surface area contributed by atoms with Crippen LogP contribution in [0.25, 0.3) is 5.65 Å². The number of amides is 1. The van der Waals surface area contributed by atoms with Gasteiger partial charge < -0.3 is 19.2 Å². The Morgan fingerprint density at radius 3 is 2.74 bits per heavy atom. The quantitative estimate of drug-likeness (QED) is 0.401. The van der Waals surface area contributed by atoms with Gasteiger partial charge in [0, 0.05) is 12.4 Å². The predicted octanol–water partition coefficient (Wildman–Crippen LogP) is 4.06. The summed E-state index contributed by atoms with van der Waals surface area (Å²) < 4.78 is 11.9. The summed E-state index contributed by atoms with van der Waals surface area (Å²) in [6.07, 6.45) is 4.80. The van der Waals surface area contributed by atoms with E-state index in [2.05, 4.69) is 16.9 Å². The molecule has 0 aliphatic rings. The molecule has 0 aliphatic carbocycles. The molecule has 3 aromatic rings. The predicted molar refractivity (Wildman–Crippen MR) is 118 cm³/mol. The zero-order chi connectivity index (χ0) is 22.5. The standard InChI is InChI=1S/C21H20ClN3O5S/c1-4-8-30-21(28)18-12(3)17(20(27)29-5-2)19(31-18)24-16(26)9-14-11-25-10-13(22)6-7-15(25)23-14/h4,6-7,10-11H,1,5,8-9H2,2-3H3,(H,24,26). The molecule has 0 aliphatic heterocycles. The maximum Gasteiger partial charge on any atom is 0.348 e. The fourth-order valence-corrected chi connectivity index (χ4v) is 4.16. The topological polar surface area (TPSA) is 99.0 Å². The van der Waals surface area contributed by atoms with E-state index < -0.39 is 17.8 Å². The van der Waals surface area contributed by atoms with Crippen LogP contribution < -0.4 is 5.32 Å². The summed E-state index contributed by atoms with van der Waals surface area (Å²) >= 11 is 6.93. The molecule has 0 bridgehead atoms. The molecular weight excluding hydrogens is 442 g/mol. The molecule has 10 heteroatoms. The Kier molecular flexibility index (Phi) is 7.09. The monoisotopic (exact) mass is 461 g/mol. The summed E-state index contributed by atoms with van der Waals surface area (Å²) in [5, 5.41) is 3.47. The Morgan fingerprint density at radius 2 is 2.03 bits per heavy atom. The number of hydrogen-bond acceptors (Lipinski definition) is 7. The Hall–Kier alpha value is -3.17. The maximum atomic E-state index is 12.7. The number of hydrogen-bond donors (Lipinski definition) is 1. The summed E-state index contributed by atoms with van der Waals surface area (Å²) in [7, 11) is 0. The van der Waals surface area contributed by atoms with Crippen molar-refractivity contribution >= 4 is 51.4 Å². The molecule has 0 atom stereocenters. The first-order chi connectivity index (χ1) is 14.8. The van der Waals surface area contributed by atoms with Crippen molar-refractivity contribution in [3.63, 3.8) is 0 Å². The number of thiophene rings is 1. The van der Waals surface area contributed by atoms with Crippen molar-refractivity contribution in [1.29, 1.82) is 0 Å². The number of carbonyl (C=O) groups is 3. The van der Waals surface area contributed by atoms with Gasteiger partial charge in [0.2, 0.25) is 5.91 Å². The summed E-state index contributed by atoms with van der Waals surface area (Å²) in [6.45, 7) is 6.97. The van der Waals surface area contributed by atoms with Crippen molar-refractivity contribution in [3.05, 3.63) is 63.9 Å². The Balaban J connectivity index is 1.85. The number of nitrogens with one attached hydrogen (secondary N) is 1. The Labute approximate surface area is 187 Å².